The number of nitrogens with zero attached hydrogens (tertiary/aromatic N) is 2. The molecule has 1 aliphatic heterocycles. The lowest BCUT2D eigenvalue weighted by Crippen LogP contribution is -2.29. The number of carbonyl (C=O) groups excluding carboxylic acids is 1. The van der Waals surface area contributed by atoms with Crippen LogP contribution in [0.15, 0.2) is 53.4 Å². The minimum absolute atomic E-state index is 0.0721. The van der Waals surface area contributed by atoms with Crippen molar-refractivity contribution in [2.45, 2.75) is 23.5 Å². The van der Waals surface area contributed by atoms with Gasteiger partial charge in [0.2, 0.25) is 20.0 Å². The normalized spacial score (nSPS) is 15.0. The Kier molecular flexibility index (Phi) is 8.11. The lowest BCUT2D eigenvalue weighted by molar-refractivity contribution is 0.0947. The summed E-state index contributed by atoms with van der Waals surface area (Å²) in [5, 5.41) is 2.74. The van der Waals surface area contributed by atoms with Gasteiger partial charge < -0.3 is 10.1 Å². The zero-order valence-electron chi connectivity index (χ0n) is 18.7. The van der Waals surface area contributed by atoms with Crippen molar-refractivity contribution in [1.82, 2.24) is 13.9 Å². The predicted octanol–water partition coefficient (Wildman–Crippen LogP) is 1.67. The number of hydrogen-bond acceptors (Lipinski definition) is 6. The van der Waals surface area contributed by atoms with Crippen molar-refractivity contribution in [3.05, 3.63) is 59.7 Å². The van der Waals surface area contributed by atoms with Gasteiger partial charge in [-0.05, 0) is 54.8 Å². The van der Waals surface area contributed by atoms with Gasteiger partial charge in [-0.15, -0.1) is 0 Å². The Balaban J connectivity index is 1.45. The Hall–Kier alpha value is -2.47. The molecule has 2 aromatic carbocycles. The second-order valence-electron chi connectivity index (χ2n) is 7.92. The van der Waals surface area contributed by atoms with E-state index in [1.165, 1.54) is 30.5 Å². The van der Waals surface area contributed by atoms with Gasteiger partial charge in [0.15, 0.2) is 0 Å². The van der Waals surface area contributed by atoms with Crippen LogP contribution in [-0.4, -0.2) is 71.7 Å². The van der Waals surface area contributed by atoms with Crippen LogP contribution in [0.2, 0.25) is 0 Å². The summed E-state index contributed by atoms with van der Waals surface area (Å²) in [5.41, 5.74) is 1.07. The van der Waals surface area contributed by atoms with Crippen LogP contribution in [0.25, 0.3) is 0 Å². The highest BCUT2D eigenvalue weighted by Gasteiger charge is 2.25. The summed E-state index contributed by atoms with van der Waals surface area (Å²) in [6.45, 7) is 1.60. The van der Waals surface area contributed by atoms with Crippen molar-refractivity contribution < 1.29 is 26.4 Å². The number of hydrogen-bond donors (Lipinski definition) is 1. The zero-order valence-corrected chi connectivity index (χ0v) is 20.4. The molecule has 0 saturated carbocycles. The van der Waals surface area contributed by atoms with Gasteiger partial charge in [0.25, 0.3) is 5.91 Å². The summed E-state index contributed by atoms with van der Waals surface area (Å²) in [7, 11) is -3.89. The summed E-state index contributed by atoms with van der Waals surface area (Å²) in [6, 6.07) is 12.6. The second kappa shape index (κ2) is 10.6. The topological polar surface area (TPSA) is 113 Å². The molecule has 33 heavy (non-hydrogen) atoms. The predicted molar refractivity (Wildman–Crippen MR) is 125 cm³/mol. The minimum atomic E-state index is -3.49. The molecule has 0 aliphatic carbocycles. The van der Waals surface area contributed by atoms with E-state index in [-0.39, 0.29) is 29.7 Å². The number of carbonyl (C=O) groups is 1. The van der Waals surface area contributed by atoms with E-state index in [0.717, 1.165) is 17.1 Å². The van der Waals surface area contributed by atoms with E-state index in [0.29, 0.717) is 30.0 Å². The summed E-state index contributed by atoms with van der Waals surface area (Å²) < 4.78 is 57.2. The molecule has 1 fully saturated rings. The van der Waals surface area contributed by atoms with E-state index >= 15 is 0 Å². The Labute approximate surface area is 195 Å². The van der Waals surface area contributed by atoms with Crippen LogP contribution in [0.3, 0.4) is 0 Å². The van der Waals surface area contributed by atoms with E-state index in [2.05, 4.69) is 5.32 Å². The van der Waals surface area contributed by atoms with E-state index in [4.69, 9.17) is 4.74 Å². The zero-order chi connectivity index (χ0) is 24.1. The van der Waals surface area contributed by atoms with Gasteiger partial charge in [0.05, 0.1) is 17.2 Å². The molecule has 3 rings (SSSR count). The Morgan fingerprint density at radius 1 is 0.970 bits per heavy atom. The van der Waals surface area contributed by atoms with Crippen molar-refractivity contribution in [2.24, 2.45) is 0 Å². The number of nitrogens with one attached hydrogen (secondary N) is 1. The molecule has 0 radical (unpaired) electrons. The first-order valence-electron chi connectivity index (χ1n) is 10.6. The van der Waals surface area contributed by atoms with Crippen LogP contribution in [0.1, 0.15) is 28.8 Å². The Morgan fingerprint density at radius 3 is 2.15 bits per heavy atom. The number of amides is 1. The number of benzene rings is 2. The monoisotopic (exact) mass is 495 g/mol. The SMILES string of the molecule is CN(C)S(=O)(=O)c1ccc(OCCNC(=O)c2ccc(CS(=O)(=O)N3CCCC3)cc2)cc1. The third kappa shape index (κ3) is 6.53. The molecule has 0 atom stereocenters. The van der Waals surface area contributed by atoms with Crippen LogP contribution in [0.5, 0.6) is 5.75 Å². The standard InChI is InChI=1S/C22H29N3O6S2/c1-24(2)33(29,30)21-11-9-20(10-12-21)31-16-13-23-22(26)19-7-5-18(6-8-19)17-32(27,28)25-14-3-4-15-25/h5-12H,3-4,13-17H2,1-2H3,(H,23,26). The highest BCUT2D eigenvalue weighted by atomic mass is 32.2. The first kappa shape index (κ1) is 25.2. The van der Waals surface area contributed by atoms with Crippen molar-refractivity contribution >= 4 is 26.0 Å². The fourth-order valence-electron chi connectivity index (χ4n) is 3.37. The third-order valence-corrected chi connectivity index (χ3v) is 8.96. The van der Waals surface area contributed by atoms with Gasteiger partial charge in [-0.1, -0.05) is 12.1 Å². The number of ether oxygens (including phenoxy) is 1. The third-order valence-electron chi connectivity index (χ3n) is 5.28. The first-order valence-corrected chi connectivity index (χ1v) is 13.6. The largest absolute Gasteiger partial charge is 0.492 e. The molecule has 0 spiro atoms. The van der Waals surface area contributed by atoms with Gasteiger partial charge >= 0.3 is 0 Å². The molecular weight excluding hydrogens is 466 g/mol. The molecule has 180 valence electrons. The molecule has 9 nitrogen and oxygen atoms in total. The lowest BCUT2D eigenvalue weighted by atomic mass is 10.1. The van der Waals surface area contributed by atoms with Crippen molar-refractivity contribution in [3.8, 4) is 5.75 Å². The van der Waals surface area contributed by atoms with E-state index < -0.39 is 20.0 Å². The molecule has 1 amide bonds. The highest BCUT2D eigenvalue weighted by molar-refractivity contribution is 7.89. The summed E-state index contributed by atoms with van der Waals surface area (Å²) in [4.78, 5) is 12.5. The summed E-state index contributed by atoms with van der Waals surface area (Å²) in [6.07, 6.45) is 1.79. The molecule has 0 aromatic heterocycles. The quantitative estimate of drug-likeness (QED) is 0.502. The van der Waals surface area contributed by atoms with Crippen LogP contribution < -0.4 is 10.1 Å². The average molecular weight is 496 g/mol. The maximum absolute atomic E-state index is 12.4. The van der Waals surface area contributed by atoms with Crippen LogP contribution in [-0.2, 0) is 25.8 Å². The average Bonchev–Trinajstić information content (AvgIpc) is 3.33. The minimum Gasteiger partial charge on any atom is -0.492 e. The maximum atomic E-state index is 12.4. The van der Waals surface area contributed by atoms with Crippen molar-refractivity contribution in [2.75, 3.05) is 40.3 Å². The van der Waals surface area contributed by atoms with Gasteiger partial charge in [-0.25, -0.2) is 25.4 Å². The molecular formula is C22H29N3O6S2. The lowest BCUT2D eigenvalue weighted by Gasteiger charge is -2.15. The fourth-order valence-corrected chi connectivity index (χ4v) is 5.89. The van der Waals surface area contributed by atoms with Gasteiger partial charge in [0.1, 0.15) is 12.4 Å². The van der Waals surface area contributed by atoms with Gasteiger partial charge in [0, 0.05) is 32.7 Å². The smallest absolute Gasteiger partial charge is 0.251 e. The van der Waals surface area contributed by atoms with Gasteiger partial charge in [-0.3, -0.25) is 4.79 Å². The maximum Gasteiger partial charge on any atom is 0.251 e. The first-order chi connectivity index (χ1) is 15.6. The van der Waals surface area contributed by atoms with Crippen molar-refractivity contribution in [1.29, 1.82) is 0 Å². The molecule has 11 heteroatoms. The highest BCUT2D eigenvalue weighted by Crippen LogP contribution is 2.19. The molecule has 1 N–H and O–H groups in total. The van der Waals surface area contributed by atoms with Crippen molar-refractivity contribution in [3.63, 3.8) is 0 Å². The molecule has 0 unspecified atom stereocenters. The van der Waals surface area contributed by atoms with Crippen LogP contribution in [0.4, 0.5) is 0 Å². The van der Waals surface area contributed by atoms with E-state index in [1.54, 1.807) is 36.4 Å². The molecule has 1 saturated heterocycles. The summed E-state index contributed by atoms with van der Waals surface area (Å²) in [5.74, 6) is 0.127. The fraction of sp³-hybridized carbons (Fsp3) is 0.409. The Morgan fingerprint density at radius 2 is 1.58 bits per heavy atom. The molecule has 1 aliphatic rings. The molecule has 0 bridgehead atoms. The van der Waals surface area contributed by atoms with Crippen LogP contribution in [0, 0.1) is 0 Å². The van der Waals surface area contributed by atoms with Crippen LogP contribution >= 0.6 is 0 Å². The van der Waals surface area contributed by atoms with E-state index in [9.17, 15) is 21.6 Å². The summed E-state index contributed by atoms with van der Waals surface area (Å²) >= 11 is 0. The Bertz CT molecular complexity index is 1160. The molecule has 1 heterocycles. The number of rotatable bonds is 10. The second-order valence-corrected chi connectivity index (χ2v) is 12.0. The van der Waals surface area contributed by atoms with E-state index in [1.807, 2.05) is 0 Å². The van der Waals surface area contributed by atoms with Gasteiger partial charge in [-0.2, -0.15) is 0 Å². The molecule has 2 aromatic rings. The number of sulfonamides is 2.